The third kappa shape index (κ3) is 2.23. The Morgan fingerprint density at radius 3 is 1.50 bits per heavy atom. The molecule has 0 aromatic heterocycles. The molecule has 2 aliphatic heterocycles. The molecule has 3 rings (SSSR count). The summed E-state index contributed by atoms with van der Waals surface area (Å²) in [5.41, 5.74) is 0. The molecule has 2 heterocycles. The second-order valence-electron chi connectivity index (χ2n) is 4.55. The van der Waals surface area contributed by atoms with E-state index in [0.717, 1.165) is 25.7 Å². The number of fused-ring (bicyclic) bond motifs is 3. The van der Waals surface area contributed by atoms with E-state index >= 15 is 0 Å². The van der Waals surface area contributed by atoms with E-state index in [1.807, 2.05) is 0 Å². The minimum atomic E-state index is -0.444. The number of rotatable bonds is 2. The van der Waals surface area contributed by atoms with Crippen LogP contribution in [0.15, 0.2) is 0 Å². The molecule has 0 aromatic rings. The van der Waals surface area contributed by atoms with Crippen molar-refractivity contribution in [2.45, 2.75) is 51.6 Å². The van der Waals surface area contributed by atoms with Crippen LogP contribution in [0.3, 0.4) is 0 Å². The van der Waals surface area contributed by atoms with Gasteiger partial charge in [-0.05, 0) is 39.5 Å². The fourth-order valence-electron chi connectivity index (χ4n) is 2.75. The zero-order valence-corrected chi connectivity index (χ0v) is 10.9. The number of hydrogen-bond acceptors (Lipinski definition) is 4. The van der Waals surface area contributed by atoms with Crippen LogP contribution in [0.2, 0.25) is 0 Å². The van der Waals surface area contributed by atoms with Crippen LogP contribution >= 0.6 is 0 Å². The van der Waals surface area contributed by atoms with Crippen LogP contribution in [0.25, 0.3) is 0 Å². The zero-order chi connectivity index (χ0) is 13.1. The summed E-state index contributed by atoms with van der Waals surface area (Å²) in [5, 5.41) is 2.92. The molecule has 2 amide bonds. The molecule has 0 atom stereocenters. The van der Waals surface area contributed by atoms with Gasteiger partial charge in [-0.15, -0.1) is 0 Å². The van der Waals surface area contributed by atoms with Crippen LogP contribution in [0.1, 0.15) is 39.5 Å². The lowest BCUT2D eigenvalue weighted by molar-refractivity contribution is -0.120. The standard InChI is InChI=1S/C12H20N2O4/c1-3-17-11(15)13-9-5-7-10(8-6-9)14(13)12(16)18-4-2/h9-10H,3-8H2,1-2H3. The summed E-state index contributed by atoms with van der Waals surface area (Å²) < 4.78 is 10.1. The molecule has 0 radical (unpaired) electrons. The highest BCUT2D eigenvalue weighted by atomic mass is 16.6. The molecule has 3 aliphatic rings. The summed E-state index contributed by atoms with van der Waals surface area (Å²) in [6.07, 6.45) is 2.83. The molecule has 2 bridgehead atoms. The largest absolute Gasteiger partial charge is 0.448 e. The van der Waals surface area contributed by atoms with Crippen molar-refractivity contribution in [3.8, 4) is 0 Å². The monoisotopic (exact) mass is 256 g/mol. The summed E-state index contributed by atoms with van der Waals surface area (Å²) in [5.74, 6) is 0. The Labute approximate surface area is 107 Å². The van der Waals surface area contributed by atoms with E-state index in [4.69, 9.17) is 9.47 Å². The normalized spacial score (nSPS) is 26.1. The van der Waals surface area contributed by atoms with Gasteiger partial charge in [-0.25, -0.2) is 19.6 Å². The van der Waals surface area contributed by atoms with Crippen molar-refractivity contribution in [1.29, 1.82) is 0 Å². The van der Waals surface area contributed by atoms with Crippen LogP contribution in [0, 0.1) is 0 Å². The smallest absolute Gasteiger partial charge is 0.429 e. The number of amides is 2. The lowest BCUT2D eigenvalue weighted by Gasteiger charge is -2.51. The van der Waals surface area contributed by atoms with Crippen LogP contribution in [0.5, 0.6) is 0 Å². The predicted octanol–water partition coefficient (Wildman–Crippen LogP) is 2.14. The van der Waals surface area contributed by atoms with Crippen molar-refractivity contribution in [3.05, 3.63) is 0 Å². The molecular formula is C12H20N2O4. The molecule has 2 saturated heterocycles. The number of carbonyl (C=O) groups is 2. The Balaban J connectivity index is 2.16. The predicted molar refractivity (Wildman–Crippen MR) is 63.8 cm³/mol. The molecule has 18 heavy (non-hydrogen) atoms. The maximum Gasteiger partial charge on any atom is 0.429 e. The lowest BCUT2D eigenvalue weighted by atomic mass is 9.87. The average Bonchev–Trinajstić information content (AvgIpc) is 2.39. The third-order valence-electron chi connectivity index (χ3n) is 3.50. The number of nitrogens with zero attached hydrogens (tertiary/aromatic N) is 2. The first-order valence-electron chi connectivity index (χ1n) is 6.60. The molecule has 0 unspecified atom stereocenters. The molecule has 102 valence electrons. The Morgan fingerprint density at radius 1 is 0.889 bits per heavy atom. The molecular weight excluding hydrogens is 236 g/mol. The quantitative estimate of drug-likeness (QED) is 0.759. The highest BCUT2D eigenvalue weighted by Crippen LogP contribution is 2.36. The van der Waals surface area contributed by atoms with Crippen LogP contribution < -0.4 is 0 Å². The third-order valence-corrected chi connectivity index (χ3v) is 3.50. The summed E-state index contributed by atoms with van der Waals surface area (Å²) in [6.45, 7) is 4.14. The van der Waals surface area contributed by atoms with Crippen molar-refractivity contribution >= 4 is 12.2 Å². The molecule has 6 heteroatoms. The first-order valence-corrected chi connectivity index (χ1v) is 6.60. The van der Waals surface area contributed by atoms with Crippen molar-refractivity contribution < 1.29 is 19.1 Å². The number of hydrogen-bond donors (Lipinski definition) is 0. The fourth-order valence-corrected chi connectivity index (χ4v) is 2.75. The second kappa shape index (κ2) is 5.46. The van der Waals surface area contributed by atoms with Gasteiger partial charge < -0.3 is 9.47 Å². The van der Waals surface area contributed by atoms with Crippen molar-refractivity contribution in [2.75, 3.05) is 13.2 Å². The van der Waals surface area contributed by atoms with Crippen LogP contribution in [-0.2, 0) is 9.47 Å². The Bertz CT molecular complexity index is 294. The molecule has 3 fully saturated rings. The number of hydrazine groups is 1. The van der Waals surface area contributed by atoms with Crippen molar-refractivity contribution in [2.24, 2.45) is 0 Å². The summed E-state index contributed by atoms with van der Waals surface area (Å²) in [7, 11) is 0. The lowest BCUT2D eigenvalue weighted by Crippen LogP contribution is -2.65. The van der Waals surface area contributed by atoms with Gasteiger partial charge in [0.15, 0.2) is 0 Å². The van der Waals surface area contributed by atoms with Gasteiger partial charge in [-0.2, -0.15) is 0 Å². The molecule has 6 nitrogen and oxygen atoms in total. The summed E-state index contributed by atoms with van der Waals surface area (Å²) in [4.78, 5) is 23.9. The molecule has 1 aliphatic carbocycles. The van der Waals surface area contributed by atoms with E-state index in [-0.39, 0.29) is 12.1 Å². The van der Waals surface area contributed by atoms with Crippen molar-refractivity contribution in [1.82, 2.24) is 10.0 Å². The Hall–Kier alpha value is -1.46. The minimum absolute atomic E-state index is 0.0680. The Morgan fingerprint density at radius 2 is 1.22 bits per heavy atom. The van der Waals surface area contributed by atoms with E-state index < -0.39 is 12.2 Å². The minimum Gasteiger partial charge on any atom is -0.448 e. The number of ether oxygens (including phenoxy) is 2. The summed E-state index contributed by atoms with van der Waals surface area (Å²) >= 11 is 0. The maximum absolute atomic E-state index is 12.0. The van der Waals surface area contributed by atoms with Gasteiger partial charge in [0.05, 0.1) is 25.3 Å². The van der Waals surface area contributed by atoms with E-state index in [1.54, 1.807) is 13.8 Å². The van der Waals surface area contributed by atoms with E-state index in [0.29, 0.717) is 13.2 Å². The second-order valence-corrected chi connectivity index (χ2v) is 4.55. The SMILES string of the molecule is CCOC(=O)N1C2CCC(CC2)N1C(=O)OCC. The van der Waals surface area contributed by atoms with E-state index in [9.17, 15) is 9.59 Å². The van der Waals surface area contributed by atoms with Gasteiger partial charge in [0.2, 0.25) is 0 Å². The first kappa shape index (κ1) is 13.0. The van der Waals surface area contributed by atoms with Crippen LogP contribution in [0.4, 0.5) is 9.59 Å². The van der Waals surface area contributed by atoms with Crippen molar-refractivity contribution in [3.63, 3.8) is 0 Å². The van der Waals surface area contributed by atoms with Gasteiger partial charge in [-0.3, -0.25) is 0 Å². The van der Waals surface area contributed by atoms with Crippen LogP contribution in [-0.4, -0.2) is 47.5 Å². The highest BCUT2D eigenvalue weighted by Gasteiger charge is 2.46. The maximum atomic E-state index is 12.0. The van der Waals surface area contributed by atoms with Gasteiger partial charge in [-0.1, -0.05) is 0 Å². The first-order chi connectivity index (χ1) is 8.69. The van der Waals surface area contributed by atoms with E-state index in [2.05, 4.69) is 0 Å². The van der Waals surface area contributed by atoms with Gasteiger partial charge in [0, 0.05) is 0 Å². The number of carbonyl (C=O) groups excluding carboxylic acids is 2. The van der Waals surface area contributed by atoms with Gasteiger partial charge in [0.25, 0.3) is 0 Å². The Kier molecular flexibility index (Phi) is 3.93. The fraction of sp³-hybridized carbons (Fsp3) is 0.833. The van der Waals surface area contributed by atoms with Gasteiger partial charge >= 0.3 is 12.2 Å². The molecule has 1 saturated carbocycles. The zero-order valence-electron chi connectivity index (χ0n) is 10.9. The average molecular weight is 256 g/mol. The summed E-state index contributed by atoms with van der Waals surface area (Å²) in [6, 6.07) is 0.136. The highest BCUT2D eigenvalue weighted by molar-refractivity contribution is 5.75. The molecule has 0 spiro atoms. The van der Waals surface area contributed by atoms with E-state index in [1.165, 1.54) is 10.0 Å². The molecule has 0 N–H and O–H groups in total. The topological polar surface area (TPSA) is 59.1 Å². The van der Waals surface area contributed by atoms with Gasteiger partial charge in [0.1, 0.15) is 0 Å². The molecule has 0 aromatic carbocycles.